The van der Waals surface area contributed by atoms with Gasteiger partial charge in [0.15, 0.2) is 0 Å². The van der Waals surface area contributed by atoms with Crippen molar-refractivity contribution in [3.8, 4) is 0 Å². The normalized spacial score (nSPS) is 19.7. The number of nitrogens with zero attached hydrogens (tertiary/aromatic N) is 1. The number of hydrogen-bond donors (Lipinski definition) is 2. The summed E-state index contributed by atoms with van der Waals surface area (Å²) >= 11 is 0. The molecule has 5 heteroatoms. The van der Waals surface area contributed by atoms with Crippen LogP contribution in [0.4, 0.5) is 4.79 Å². The highest BCUT2D eigenvalue weighted by Gasteiger charge is 2.32. The van der Waals surface area contributed by atoms with Gasteiger partial charge in [0.25, 0.3) is 0 Å². The average molecular weight is 320 g/mol. The van der Waals surface area contributed by atoms with E-state index in [0.717, 1.165) is 24.9 Å². The van der Waals surface area contributed by atoms with E-state index in [-0.39, 0.29) is 24.8 Å². The second-order valence-corrected chi connectivity index (χ2v) is 7.02. The van der Waals surface area contributed by atoms with E-state index < -0.39 is 5.60 Å². The number of rotatable bonds is 5. The predicted molar refractivity (Wildman–Crippen MR) is 90.2 cm³/mol. The summed E-state index contributed by atoms with van der Waals surface area (Å²) in [5.41, 5.74) is 0.576. The third-order valence-electron chi connectivity index (χ3n) is 3.99. The first-order valence-electron chi connectivity index (χ1n) is 8.29. The van der Waals surface area contributed by atoms with Crippen LogP contribution >= 0.6 is 0 Å². The van der Waals surface area contributed by atoms with Gasteiger partial charge in [-0.3, -0.25) is 0 Å². The molecule has 2 unspecified atom stereocenters. The fraction of sp³-hybridized carbons (Fsp3) is 0.611. The minimum Gasteiger partial charge on any atom is -0.444 e. The quantitative estimate of drug-likeness (QED) is 0.876. The van der Waals surface area contributed by atoms with Crippen LogP contribution in [0.2, 0.25) is 0 Å². The van der Waals surface area contributed by atoms with Gasteiger partial charge in [0, 0.05) is 19.1 Å². The number of carbonyl (C=O) groups is 1. The van der Waals surface area contributed by atoms with Gasteiger partial charge in [0.2, 0.25) is 0 Å². The number of benzene rings is 1. The van der Waals surface area contributed by atoms with Crippen molar-refractivity contribution in [3.05, 3.63) is 35.9 Å². The first-order chi connectivity index (χ1) is 10.9. The summed E-state index contributed by atoms with van der Waals surface area (Å²) in [6.07, 6.45) is 1.70. The third kappa shape index (κ3) is 5.22. The van der Waals surface area contributed by atoms with E-state index in [0.29, 0.717) is 6.54 Å². The summed E-state index contributed by atoms with van der Waals surface area (Å²) in [6, 6.07) is 9.87. The Labute approximate surface area is 138 Å². The Bertz CT molecular complexity index is 499. The van der Waals surface area contributed by atoms with Gasteiger partial charge >= 0.3 is 6.09 Å². The van der Waals surface area contributed by atoms with Gasteiger partial charge in [0.05, 0.1) is 12.6 Å². The Morgan fingerprint density at radius 2 is 2.09 bits per heavy atom. The minimum absolute atomic E-state index is 0.0309. The monoisotopic (exact) mass is 320 g/mol. The van der Waals surface area contributed by atoms with Gasteiger partial charge < -0.3 is 20.1 Å². The molecule has 1 aromatic carbocycles. The van der Waals surface area contributed by atoms with Gasteiger partial charge in [-0.1, -0.05) is 30.3 Å². The molecule has 2 atom stereocenters. The molecule has 128 valence electrons. The number of aliphatic hydroxyl groups is 1. The molecule has 1 aliphatic heterocycles. The molecule has 0 radical (unpaired) electrons. The summed E-state index contributed by atoms with van der Waals surface area (Å²) in [6.45, 7) is 7.06. The van der Waals surface area contributed by atoms with Gasteiger partial charge in [-0.15, -0.1) is 0 Å². The Morgan fingerprint density at radius 1 is 1.39 bits per heavy atom. The molecule has 1 amide bonds. The highest BCUT2D eigenvalue weighted by atomic mass is 16.6. The molecule has 1 heterocycles. The van der Waals surface area contributed by atoms with Crippen LogP contribution in [0.1, 0.15) is 45.2 Å². The highest BCUT2D eigenvalue weighted by molar-refractivity contribution is 5.69. The molecular formula is C18H28N2O3. The summed E-state index contributed by atoms with van der Waals surface area (Å²) < 4.78 is 5.48. The van der Waals surface area contributed by atoms with Gasteiger partial charge in [-0.05, 0) is 39.2 Å². The highest BCUT2D eigenvalue weighted by Crippen LogP contribution is 2.21. The average Bonchev–Trinajstić information content (AvgIpc) is 2.96. The largest absolute Gasteiger partial charge is 0.444 e. The van der Waals surface area contributed by atoms with E-state index in [9.17, 15) is 9.90 Å². The van der Waals surface area contributed by atoms with E-state index in [1.807, 2.05) is 51.1 Å². The maximum atomic E-state index is 12.3. The van der Waals surface area contributed by atoms with E-state index in [2.05, 4.69) is 5.32 Å². The first-order valence-corrected chi connectivity index (χ1v) is 8.29. The Balaban J connectivity index is 1.92. The van der Waals surface area contributed by atoms with Crippen molar-refractivity contribution in [1.82, 2.24) is 10.2 Å². The second kappa shape index (κ2) is 7.79. The molecule has 0 aromatic heterocycles. The SMILES string of the molecule is CC(C)(C)OC(=O)N1CCCC1CNC(CO)c1ccccc1. The maximum Gasteiger partial charge on any atom is 0.410 e. The van der Waals surface area contributed by atoms with E-state index >= 15 is 0 Å². The molecule has 1 fully saturated rings. The molecule has 1 saturated heterocycles. The number of nitrogens with one attached hydrogen (secondary N) is 1. The lowest BCUT2D eigenvalue weighted by Gasteiger charge is -2.29. The van der Waals surface area contributed by atoms with Crippen molar-refractivity contribution in [2.24, 2.45) is 0 Å². The van der Waals surface area contributed by atoms with Gasteiger partial charge in [-0.25, -0.2) is 4.79 Å². The number of aliphatic hydroxyl groups excluding tert-OH is 1. The van der Waals surface area contributed by atoms with Crippen molar-refractivity contribution in [1.29, 1.82) is 0 Å². The number of likely N-dealkylation sites (tertiary alicyclic amines) is 1. The summed E-state index contributed by atoms with van der Waals surface area (Å²) in [5, 5.41) is 13.0. The fourth-order valence-electron chi connectivity index (χ4n) is 2.86. The molecule has 1 aromatic rings. The molecular weight excluding hydrogens is 292 g/mol. The van der Waals surface area contributed by atoms with Crippen LogP contribution in [0.3, 0.4) is 0 Å². The van der Waals surface area contributed by atoms with Crippen LogP contribution in [0, 0.1) is 0 Å². The molecule has 0 bridgehead atoms. The van der Waals surface area contributed by atoms with Gasteiger partial charge in [0.1, 0.15) is 5.60 Å². The van der Waals surface area contributed by atoms with Crippen LogP contribution in [0.15, 0.2) is 30.3 Å². The Hall–Kier alpha value is -1.59. The molecule has 1 aliphatic rings. The number of amides is 1. The fourth-order valence-corrected chi connectivity index (χ4v) is 2.86. The molecule has 0 saturated carbocycles. The van der Waals surface area contributed by atoms with Crippen molar-refractivity contribution in [2.45, 2.75) is 51.3 Å². The van der Waals surface area contributed by atoms with Crippen LogP contribution in [0.5, 0.6) is 0 Å². The summed E-state index contributed by atoms with van der Waals surface area (Å²) in [4.78, 5) is 14.1. The molecule has 0 spiro atoms. The lowest BCUT2D eigenvalue weighted by Crippen LogP contribution is -2.45. The topological polar surface area (TPSA) is 61.8 Å². The van der Waals surface area contributed by atoms with E-state index in [4.69, 9.17) is 4.74 Å². The zero-order valence-electron chi connectivity index (χ0n) is 14.3. The minimum atomic E-state index is -0.477. The molecule has 5 nitrogen and oxygen atoms in total. The van der Waals surface area contributed by atoms with Crippen molar-refractivity contribution < 1.29 is 14.6 Å². The van der Waals surface area contributed by atoms with Crippen molar-refractivity contribution in [3.63, 3.8) is 0 Å². The number of hydrogen-bond acceptors (Lipinski definition) is 4. The standard InChI is InChI=1S/C18H28N2O3/c1-18(2,3)23-17(22)20-11-7-10-15(20)12-19-16(13-21)14-8-5-4-6-9-14/h4-6,8-9,15-16,19,21H,7,10-13H2,1-3H3. The molecule has 0 aliphatic carbocycles. The number of ether oxygens (including phenoxy) is 1. The first kappa shape index (κ1) is 17.8. The molecule has 2 N–H and O–H groups in total. The Kier molecular flexibility index (Phi) is 6.02. The lowest BCUT2D eigenvalue weighted by molar-refractivity contribution is 0.0223. The zero-order chi connectivity index (χ0) is 16.9. The van der Waals surface area contributed by atoms with Crippen LogP contribution in [-0.2, 0) is 4.74 Å². The number of carbonyl (C=O) groups excluding carboxylic acids is 1. The van der Waals surface area contributed by atoms with Crippen LogP contribution < -0.4 is 5.32 Å². The van der Waals surface area contributed by atoms with Crippen LogP contribution in [-0.4, -0.2) is 47.4 Å². The molecule has 2 rings (SSSR count). The second-order valence-electron chi connectivity index (χ2n) is 7.02. The third-order valence-corrected chi connectivity index (χ3v) is 3.99. The van der Waals surface area contributed by atoms with E-state index in [1.165, 1.54) is 0 Å². The summed E-state index contributed by atoms with van der Waals surface area (Å²) in [5.74, 6) is 0. The summed E-state index contributed by atoms with van der Waals surface area (Å²) in [7, 11) is 0. The van der Waals surface area contributed by atoms with Gasteiger partial charge in [-0.2, -0.15) is 0 Å². The zero-order valence-corrected chi connectivity index (χ0v) is 14.3. The smallest absolute Gasteiger partial charge is 0.410 e. The lowest BCUT2D eigenvalue weighted by atomic mass is 10.1. The van der Waals surface area contributed by atoms with Crippen molar-refractivity contribution >= 4 is 6.09 Å². The Morgan fingerprint density at radius 3 is 2.70 bits per heavy atom. The molecule has 23 heavy (non-hydrogen) atoms. The van der Waals surface area contributed by atoms with Crippen molar-refractivity contribution in [2.75, 3.05) is 19.7 Å². The predicted octanol–water partition coefficient (Wildman–Crippen LogP) is 2.71. The van der Waals surface area contributed by atoms with E-state index in [1.54, 1.807) is 4.90 Å². The maximum absolute atomic E-state index is 12.3. The van der Waals surface area contributed by atoms with Crippen LogP contribution in [0.25, 0.3) is 0 Å².